The number of carbonyl (C=O) groups excluding carboxylic acids is 1. The van der Waals surface area contributed by atoms with E-state index in [9.17, 15) is 4.79 Å². The number of carbonyl (C=O) groups is 1. The van der Waals surface area contributed by atoms with Crippen LogP contribution in [0.4, 0.5) is 0 Å². The lowest BCUT2D eigenvalue weighted by molar-refractivity contribution is -0.136. The average molecular weight is 281 g/mol. The Kier molecular flexibility index (Phi) is 4.93. The van der Waals surface area contributed by atoms with Gasteiger partial charge < -0.3 is 10.2 Å². The van der Waals surface area contributed by atoms with Crippen LogP contribution >= 0.6 is 11.3 Å². The Morgan fingerprint density at radius 3 is 3.00 bits per heavy atom. The molecule has 0 radical (unpaired) electrons. The van der Waals surface area contributed by atoms with Crippen molar-refractivity contribution < 1.29 is 4.79 Å². The minimum Gasteiger partial charge on any atom is -0.335 e. The van der Waals surface area contributed by atoms with E-state index in [2.05, 4.69) is 31.1 Å². The van der Waals surface area contributed by atoms with Crippen LogP contribution in [0.15, 0.2) is 6.20 Å². The number of rotatable bonds is 5. The predicted octanol–water partition coefficient (Wildman–Crippen LogP) is 2.19. The van der Waals surface area contributed by atoms with E-state index in [0.717, 1.165) is 30.8 Å². The van der Waals surface area contributed by atoms with Gasteiger partial charge in [-0.3, -0.25) is 4.79 Å². The van der Waals surface area contributed by atoms with Crippen molar-refractivity contribution in [1.29, 1.82) is 0 Å². The summed E-state index contributed by atoms with van der Waals surface area (Å²) >= 11 is 1.72. The van der Waals surface area contributed by atoms with Crippen LogP contribution in [0.5, 0.6) is 0 Å². The van der Waals surface area contributed by atoms with Crippen molar-refractivity contribution in [1.82, 2.24) is 15.2 Å². The summed E-state index contributed by atoms with van der Waals surface area (Å²) < 4.78 is 0. The van der Waals surface area contributed by atoms with E-state index < -0.39 is 0 Å². The van der Waals surface area contributed by atoms with Gasteiger partial charge in [0.05, 0.1) is 12.6 Å². The zero-order chi connectivity index (χ0) is 13.8. The highest BCUT2D eigenvalue weighted by Gasteiger charge is 2.29. The molecule has 1 unspecified atom stereocenters. The van der Waals surface area contributed by atoms with Crippen molar-refractivity contribution in [2.24, 2.45) is 0 Å². The molecule has 0 saturated carbocycles. The number of hydrogen-bond donors (Lipinski definition) is 1. The van der Waals surface area contributed by atoms with Crippen LogP contribution in [0, 0.1) is 0 Å². The molecule has 1 aliphatic heterocycles. The second kappa shape index (κ2) is 6.48. The number of aromatic nitrogens is 1. The molecule has 1 atom stereocenters. The first-order valence-corrected chi connectivity index (χ1v) is 7.90. The van der Waals surface area contributed by atoms with Crippen LogP contribution in [-0.4, -0.2) is 34.4 Å². The molecule has 1 saturated heterocycles. The number of nitrogens with zero attached hydrogens (tertiary/aromatic N) is 2. The first-order chi connectivity index (χ1) is 9.10. The zero-order valence-corrected chi connectivity index (χ0v) is 12.8. The van der Waals surface area contributed by atoms with E-state index in [0.29, 0.717) is 12.6 Å². The standard InChI is InChI=1S/C14H23N3OS/c1-4-11-8-15-13(19-11)9-17-7-5-6-12(14(17)18)16-10(2)3/h8,10,12,16H,4-7,9H2,1-3H3. The molecule has 0 spiro atoms. The smallest absolute Gasteiger partial charge is 0.240 e. The zero-order valence-electron chi connectivity index (χ0n) is 12.0. The Balaban J connectivity index is 1.97. The number of hydrogen-bond acceptors (Lipinski definition) is 4. The Bertz CT molecular complexity index is 430. The molecular formula is C14H23N3OS. The molecule has 1 N–H and O–H groups in total. The van der Waals surface area contributed by atoms with Crippen molar-refractivity contribution >= 4 is 17.2 Å². The molecule has 2 rings (SSSR count). The number of nitrogens with one attached hydrogen (secondary N) is 1. The van der Waals surface area contributed by atoms with E-state index in [1.54, 1.807) is 11.3 Å². The molecule has 0 bridgehead atoms. The summed E-state index contributed by atoms with van der Waals surface area (Å²) in [5, 5.41) is 4.41. The predicted molar refractivity (Wildman–Crippen MR) is 78.2 cm³/mol. The van der Waals surface area contributed by atoms with Gasteiger partial charge in [-0.25, -0.2) is 4.98 Å². The fraction of sp³-hybridized carbons (Fsp3) is 0.714. The highest BCUT2D eigenvalue weighted by Crippen LogP contribution is 2.19. The average Bonchev–Trinajstić information content (AvgIpc) is 2.81. The van der Waals surface area contributed by atoms with Gasteiger partial charge in [0.2, 0.25) is 5.91 Å². The van der Waals surface area contributed by atoms with Crippen molar-refractivity contribution in [3.63, 3.8) is 0 Å². The monoisotopic (exact) mass is 281 g/mol. The SMILES string of the molecule is CCc1cnc(CN2CCCC(NC(C)C)C2=O)s1. The Morgan fingerprint density at radius 2 is 2.37 bits per heavy atom. The first-order valence-electron chi connectivity index (χ1n) is 7.08. The summed E-state index contributed by atoms with van der Waals surface area (Å²) in [5.74, 6) is 0.230. The number of thiazole rings is 1. The maximum absolute atomic E-state index is 12.4. The molecule has 2 heterocycles. The highest BCUT2D eigenvalue weighted by molar-refractivity contribution is 7.11. The van der Waals surface area contributed by atoms with Crippen LogP contribution in [-0.2, 0) is 17.8 Å². The first kappa shape index (κ1) is 14.5. The van der Waals surface area contributed by atoms with Gasteiger partial charge in [-0.2, -0.15) is 0 Å². The number of piperidine rings is 1. The topological polar surface area (TPSA) is 45.2 Å². The van der Waals surface area contributed by atoms with E-state index >= 15 is 0 Å². The Hall–Kier alpha value is -0.940. The summed E-state index contributed by atoms with van der Waals surface area (Å²) in [6.07, 6.45) is 4.97. The number of amides is 1. The van der Waals surface area contributed by atoms with Gasteiger partial charge in [-0.1, -0.05) is 20.8 Å². The molecule has 1 aromatic rings. The molecule has 1 aromatic heterocycles. The molecule has 106 valence electrons. The molecule has 0 aromatic carbocycles. The fourth-order valence-electron chi connectivity index (χ4n) is 2.40. The van der Waals surface area contributed by atoms with E-state index in [-0.39, 0.29) is 11.9 Å². The summed E-state index contributed by atoms with van der Waals surface area (Å²) in [6.45, 7) is 7.82. The lowest BCUT2D eigenvalue weighted by Gasteiger charge is -2.33. The third-order valence-corrected chi connectivity index (χ3v) is 4.47. The van der Waals surface area contributed by atoms with Crippen molar-refractivity contribution in [3.05, 3.63) is 16.1 Å². The van der Waals surface area contributed by atoms with Crippen LogP contribution in [0.1, 0.15) is 43.5 Å². The highest BCUT2D eigenvalue weighted by atomic mass is 32.1. The van der Waals surface area contributed by atoms with Crippen LogP contribution < -0.4 is 5.32 Å². The second-order valence-electron chi connectivity index (χ2n) is 5.35. The van der Waals surface area contributed by atoms with Crippen LogP contribution in [0.2, 0.25) is 0 Å². The van der Waals surface area contributed by atoms with E-state index in [4.69, 9.17) is 0 Å². The minimum atomic E-state index is -0.0145. The second-order valence-corrected chi connectivity index (χ2v) is 6.55. The van der Waals surface area contributed by atoms with Gasteiger partial charge in [0, 0.05) is 23.7 Å². The minimum absolute atomic E-state index is 0.0145. The normalized spacial score (nSPS) is 20.3. The number of likely N-dealkylation sites (tertiary alicyclic amines) is 1. The molecule has 0 aliphatic carbocycles. The van der Waals surface area contributed by atoms with Gasteiger partial charge in [-0.15, -0.1) is 11.3 Å². The summed E-state index contributed by atoms with van der Waals surface area (Å²) in [4.78, 5) is 20.0. The van der Waals surface area contributed by atoms with Gasteiger partial charge in [-0.05, 0) is 19.3 Å². The molecule has 4 nitrogen and oxygen atoms in total. The van der Waals surface area contributed by atoms with Gasteiger partial charge in [0.1, 0.15) is 5.01 Å². The summed E-state index contributed by atoms with van der Waals surface area (Å²) in [7, 11) is 0. The molecule has 1 aliphatic rings. The maximum atomic E-state index is 12.4. The quantitative estimate of drug-likeness (QED) is 0.900. The third kappa shape index (κ3) is 3.76. The van der Waals surface area contributed by atoms with Crippen LogP contribution in [0.3, 0.4) is 0 Å². The summed E-state index contributed by atoms with van der Waals surface area (Å²) in [6, 6.07) is 0.333. The molecule has 1 amide bonds. The Labute approximate surface area is 119 Å². The van der Waals surface area contributed by atoms with Gasteiger partial charge in [0.25, 0.3) is 0 Å². The molecule has 1 fully saturated rings. The van der Waals surface area contributed by atoms with E-state index in [1.807, 2.05) is 11.1 Å². The van der Waals surface area contributed by atoms with Crippen molar-refractivity contribution in [3.8, 4) is 0 Å². The molecule has 5 heteroatoms. The van der Waals surface area contributed by atoms with Gasteiger partial charge >= 0.3 is 0 Å². The fourth-order valence-corrected chi connectivity index (χ4v) is 3.28. The lowest BCUT2D eigenvalue weighted by Crippen LogP contribution is -2.51. The molecular weight excluding hydrogens is 258 g/mol. The third-order valence-electron chi connectivity index (χ3n) is 3.34. The molecule has 19 heavy (non-hydrogen) atoms. The summed E-state index contributed by atoms with van der Waals surface area (Å²) in [5.41, 5.74) is 0. The lowest BCUT2D eigenvalue weighted by atomic mass is 10.0. The van der Waals surface area contributed by atoms with Crippen molar-refractivity contribution in [2.45, 2.75) is 58.7 Å². The Morgan fingerprint density at radius 1 is 1.58 bits per heavy atom. The van der Waals surface area contributed by atoms with E-state index in [1.165, 1.54) is 4.88 Å². The largest absolute Gasteiger partial charge is 0.335 e. The van der Waals surface area contributed by atoms with Crippen LogP contribution in [0.25, 0.3) is 0 Å². The van der Waals surface area contributed by atoms with Crippen molar-refractivity contribution in [2.75, 3.05) is 6.54 Å². The van der Waals surface area contributed by atoms with Gasteiger partial charge in [0.15, 0.2) is 0 Å². The number of aryl methyl sites for hydroxylation is 1. The maximum Gasteiger partial charge on any atom is 0.240 e.